The van der Waals surface area contributed by atoms with Gasteiger partial charge in [0.2, 0.25) is 10.0 Å². The van der Waals surface area contributed by atoms with Crippen LogP contribution < -0.4 is 0 Å². The molecule has 1 N–H and O–H groups in total. The molecule has 0 saturated carbocycles. The van der Waals surface area contributed by atoms with Crippen LogP contribution in [0, 0.1) is 0 Å². The summed E-state index contributed by atoms with van der Waals surface area (Å²) in [6.45, 7) is -1.17. The molecule has 0 amide bonds. The Bertz CT molecular complexity index is 291. The van der Waals surface area contributed by atoms with Crippen LogP contribution in [0.4, 0.5) is 8.78 Å². The van der Waals surface area contributed by atoms with Gasteiger partial charge in [-0.05, 0) is 6.42 Å². The lowest BCUT2D eigenvalue weighted by Gasteiger charge is -2.31. The monoisotopic (exact) mass is 229 g/mol. The van der Waals surface area contributed by atoms with Gasteiger partial charge < -0.3 is 5.11 Å². The van der Waals surface area contributed by atoms with Crippen LogP contribution in [-0.2, 0) is 10.0 Å². The van der Waals surface area contributed by atoms with Gasteiger partial charge in [0.05, 0.1) is 18.9 Å². The first kappa shape index (κ1) is 11.8. The van der Waals surface area contributed by atoms with Crippen molar-refractivity contribution in [1.29, 1.82) is 0 Å². The maximum atomic E-state index is 12.9. The molecule has 0 aromatic rings. The highest BCUT2D eigenvalue weighted by Gasteiger charge is 2.39. The van der Waals surface area contributed by atoms with Crippen molar-refractivity contribution >= 4 is 10.0 Å². The van der Waals surface area contributed by atoms with Crippen LogP contribution in [0.2, 0.25) is 0 Å². The van der Waals surface area contributed by atoms with Crippen LogP contribution in [0.25, 0.3) is 0 Å². The second kappa shape index (κ2) is 4.08. The van der Waals surface area contributed by atoms with E-state index in [0.717, 1.165) is 4.31 Å². The third-order valence-corrected chi connectivity index (χ3v) is 3.90. The van der Waals surface area contributed by atoms with Gasteiger partial charge >= 0.3 is 0 Å². The van der Waals surface area contributed by atoms with Crippen LogP contribution in [0.3, 0.4) is 0 Å². The number of hydrogen-bond donors (Lipinski definition) is 1. The van der Waals surface area contributed by atoms with E-state index in [4.69, 9.17) is 5.11 Å². The SMILES string of the molecule is O=S(=O)(CCO)N1CCCC(F)(F)C1. The van der Waals surface area contributed by atoms with E-state index in [1.165, 1.54) is 0 Å². The van der Waals surface area contributed by atoms with Crippen LogP contribution in [0.5, 0.6) is 0 Å². The third-order valence-electron chi connectivity index (χ3n) is 2.10. The van der Waals surface area contributed by atoms with Crippen LogP contribution in [0.15, 0.2) is 0 Å². The average molecular weight is 229 g/mol. The zero-order chi connectivity index (χ0) is 10.8. The molecule has 1 rings (SSSR count). The first-order chi connectivity index (χ1) is 6.37. The fraction of sp³-hybridized carbons (Fsp3) is 1.00. The van der Waals surface area contributed by atoms with Gasteiger partial charge in [0.15, 0.2) is 0 Å². The number of rotatable bonds is 3. The van der Waals surface area contributed by atoms with E-state index in [1.54, 1.807) is 0 Å². The molecule has 0 aliphatic carbocycles. The van der Waals surface area contributed by atoms with Crippen molar-refractivity contribution in [3.63, 3.8) is 0 Å². The molecule has 1 saturated heterocycles. The number of nitrogens with zero attached hydrogens (tertiary/aromatic N) is 1. The minimum absolute atomic E-state index is 0.123. The normalized spacial score (nSPS) is 23.6. The molecule has 1 aliphatic rings. The summed E-state index contributed by atoms with van der Waals surface area (Å²) in [5, 5.41) is 8.47. The summed E-state index contributed by atoms with van der Waals surface area (Å²) in [5.74, 6) is -3.41. The number of alkyl halides is 2. The molecule has 1 aliphatic heterocycles. The minimum atomic E-state index is -3.70. The maximum absolute atomic E-state index is 12.9. The molecule has 1 fully saturated rings. The van der Waals surface area contributed by atoms with Crippen molar-refractivity contribution in [1.82, 2.24) is 4.31 Å². The summed E-state index contributed by atoms with van der Waals surface area (Å²) < 4.78 is 49.1. The standard InChI is InChI=1S/C7H13F2NO3S/c8-7(9)2-1-3-10(6-7)14(12,13)5-4-11/h11H,1-6H2. The van der Waals surface area contributed by atoms with Gasteiger partial charge in [0.1, 0.15) is 0 Å². The Morgan fingerprint density at radius 1 is 1.43 bits per heavy atom. The summed E-state index contributed by atoms with van der Waals surface area (Å²) in [6.07, 6.45) is -0.101. The molecule has 0 radical (unpaired) electrons. The molecule has 14 heavy (non-hydrogen) atoms. The molecule has 1 heterocycles. The van der Waals surface area contributed by atoms with E-state index in [2.05, 4.69) is 0 Å². The zero-order valence-electron chi connectivity index (χ0n) is 7.62. The molecule has 84 valence electrons. The van der Waals surface area contributed by atoms with Gasteiger partial charge in [0, 0.05) is 13.0 Å². The average Bonchev–Trinajstić information content (AvgIpc) is 2.02. The van der Waals surface area contributed by atoms with E-state index >= 15 is 0 Å². The van der Waals surface area contributed by atoms with Crippen molar-refractivity contribution in [2.75, 3.05) is 25.4 Å². The molecule has 4 nitrogen and oxygen atoms in total. The molecule has 0 atom stereocenters. The molecule has 7 heteroatoms. The summed E-state index contributed by atoms with van der Waals surface area (Å²) in [4.78, 5) is 0. The minimum Gasteiger partial charge on any atom is -0.395 e. The number of halogens is 2. The predicted octanol–water partition coefficient (Wildman–Crippen LogP) is 0.0396. The molecule has 0 aromatic heterocycles. The third kappa shape index (κ3) is 2.86. The van der Waals surface area contributed by atoms with Gasteiger partial charge in [-0.2, -0.15) is 4.31 Å². The summed E-state index contributed by atoms with van der Waals surface area (Å²) in [6, 6.07) is 0. The largest absolute Gasteiger partial charge is 0.395 e. The zero-order valence-corrected chi connectivity index (χ0v) is 8.43. The van der Waals surface area contributed by atoms with Crippen molar-refractivity contribution in [2.24, 2.45) is 0 Å². The predicted molar refractivity (Wildman–Crippen MR) is 46.6 cm³/mol. The van der Waals surface area contributed by atoms with E-state index < -0.39 is 34.9 Å². The van der Waals surface area contributed by atoms with Crippen LogP contribution in [0.1, 0.15) is 12.8 Å². The lowest BCUT2D eigenvalue weighted by atomic mass is 10.1. The second-order valence-corrected chi connectivity index (χ2v) is 5.42. The van der Waals surface area contributed by atoms with Crippen LogP contribution in [-0.4, -0.2) is 49.2 Å². The van der Waals surface area contributed by atoms with Crippen molar-refractivity contribution < 1.29 is 22.3 Å². The number of aliphatic hydroxyl groups is 1. The van der Waals surface area contributed by atoms with Gasteiger partial charge in [0.25, 0.3) is 5.92 Å². The number of hydrogen-bond acceptors (Lipinski definition) is 3. The summed E-state index contributed by atoms with van der Waals surface area (Å²) in [7, 11) is -3.70. The summed E-state index contributed by atoms with van der Waals surface area (Å²) >= 11 is 0. The molecule has 0 bridgehead atoms. The summed E-state index contributed by atoms with van der Waals surface area (Å²) in [5.41, 5.74) is 0. The quantitative estimate of drug-likeness (QED) is 0.743. The highest BCUT2D eigenvalue weighted by molar-refractivity contribution is 7.89. The molecular formula is C7H13F2NO3S. The molecule has 0 unspecified atom stereocenters. The van der Waals surface area contributed by atoms with Gasteiger partial charge in [-0.25, -0.2) is 17.2 Å². The van der Waals surface area contributed by atoms with E-state index in [1.807, 2.05) is 0 Å². The second-order valence-electron chi connectivity index (χ2n) is 3.33. The Morgan fingerprint density at radius 2 is 2.07 bits per heavy atom. The fourth-order valence-electron chi connectivity index (χ4n) is 1.41. The smallest absolute Gasteiger partial charge is 0.261 e. The van der Waals surface area contributed by atoms with E-state index in [9.17, 15) is 17.2 Å². The van der Waals surface area contributed by atoms with E-state index in [0.29, 0.717) is 0 Å². The fourth-order valence-corrected chi connectivity index (χ4v) is 2.69. The number of aliphatic hydroxyl groups excluding tert-OH is 1. The Hall–Kier alpha value is -0.270. The molecule has 0 spiro atoms. The lowest BCUT2D eigenvalue weighted by molar-refractivity contribution is -0.0434. The Labute approximate surface area is 81.6 Å². The first-order valence-corrected chi connectivity index (χ1v) is 5.95. The van der Waals surface area contributed by atoms with Crippen LogP contribution >= 0.6 is 0 Å². The van der Waals surface area contributed by atoms with Gasteiger partial charge in [-0.3, -0.25) is 0 Å². The van der Waals surface area contributed by atoms with Gasteiger partial charge in [-0.15, -0.1) is 0 Å². The Morgan fingerprint density at radius 3 is 2.57 bits per heavy atom. The topological polar surface area (TPSA) is 57.6 Å². The highest BCUT2D eigenvalue weighted by Crippen LogP contribution is 2.27. The number of sulfonamides is 1. The molecule has 0 aromatic carbocycles. The maximum Gasteiger partial charge on any atom is 0.261 e. The van der Waals surface area contributed by atoms with Crippen molar-refractivity contribution in [3.8, 4) is 0 Å². The van der Waals surface area contributed by atoms with E-state index in [-0.39, 0.29) is 19.4 Å². The lowest BCUT2D eigenvalue weighted by Crippen LogP contribution is -2.46. The Balaban J connectivity index is 2.69. The van der Waals surface area contributed by atoms with Crippen molar-refractivity contribution in [2.45, 2.75) is 18.8 Å². The van der Waals surface area contributed by atoms with Crippen molar-refractivity contribution in [3.05, 3.63) is 0 Å². The number of piperidine rings is 1. The molecular weight excluding hydrogens is 216 g/mol. The highest BCUT2D eigenvalue weighted by atomic mass is 32.2. The van der Waals surface area contributed by atoms with Gasteiger partial charge in [-0.1, -0.05) is 0 Å². The Kier molecular flexibility index (Phi) is 3.44. The first-order valence-electron chi connectivity index (χ1n) is 4.34.